The van der Waals surface area contributed by atoms with E-state index in [9.17, 15) is 4.79 Å². The monoisotopic (exact) mass is 386 g/mol. The Morgan fingerprint density at radius 1 is 1.37 bits per heavy atom. The second-order valence-corrected chi connectivity index (χ2v) is 5.80. The summed E-state index contributed by atoms with van der Waals surface area (Å²) in [6, 6.07) is 7.61. The minimum absolute atomic E-state index is 0.1000. The third-order valence-corrected chi connectivity index (χ3v) is 3.81. The number of nitrogens with zero attached hydrogens (tertiary/aromatic N) is 2. The predicted octanol–water partition coefficient (Wildman–Crippen LogP) is 2.39. The van der Waals surface area contributed by atoms with Gasteiger partial charge < -0.3 is 11.1 Å². The zero-order valence-electron chi connectivity index (χ0n) is 9.84. The van der Waals surface area contributed by atoms with Crippen molar-refractivity contribution in [3.8, 4) is 0 Å². The average molecular weight is 386 g/mol. The molecule has 1 aromatic carbocycles. The first-order valence-electron chi connectivity index (χ1n) is 5.40. The quantitative estimate of drug-likeness (QED) is 0.623. The molecular weight excluding hydrogens is 375 g/mol. The van der Waals surface area contributed by atoms with Gasteiger partial charge in [-0.1, -0.05) is 17.8 Å². The van der Waals surface area contributed by atoms with Crippen LogP contribution in [0, 0.1) is 3.57 Å². The fourth-order valence-corrected chi connectivity index (χ4v) is 2.56. The van der Waals surface area contributed by atoms with Crippen molar-refractivity contribution in [2.24, 2.45) is 0 Å². The Kier molecular flexibility index (Phi) is 4.97. The molecule has 0 unspecified atom stereocenters. The minimum Gasteiger partial charge on any atom is -0.381 e. The predicted molar refractivity (Wildman–Crippen MR) is 85.0 cm³/mol. The van der Waals surface area contributed by atoms with Crippen LogP contribution in [0.3, 0.4) is 0 Å². The summed E-state index contributed by atoms with van der Waals surface area (Å²) < 4.78 is 1.07. The second kappa shape index (κ2) is 6.71. The van der Waals surface area contributed by atoms with E-state index in [-0.39, 0.29) is 11.7 Å². The minimum atomic E-state index is -0.1000. The molecule has 0 aliphatic carbocycles. The number of carbonyl (C=O) groups is 1. The summed E-state index contributed by atoms with van der Waals surface area (Å²) in [7, 11) is 0. The summed E-state index contributed by atoms with van der Waals surface area (Å²) in [5, 5.41) is 3.39. The fourth-order valence-electron chi connectivity index (χ4n) is 1.34. The van der Waals surface area contributed by atoms with E-state index in [1.54, 1.807) is 6.20 Å². The lowest BCUT2D eigenvalue weighted by Crippen LogP contribution is -2.14. The largest absolute Gasteiger partial charge is 0.381 e. The molecule has 19 heavy (non-hydrogen) atoms. The van der Waals surface area contributed by atoms with Crippen molar-refractivity contribution in [2.75, 3.05) is 16.8 Å². The molecule has 0 fully saturated rings. The van der Waals surface area contributed by atoms with E-state index in [2.05, 4.69) is 37.9 Å². The number of halogens is 1. The lowest BCUT2D eigenvalue weighted by molar-refractivity contribution is -0.113. The number of rotatable bonds is 4. The molecule has 98 valence electrons. The highest BCUT2D eigenvalue weighted by Crippen LogP contribution is 2.20. The summed E-state index contributed by atoms with van der Waals surface area (Å²) in [4.78, 5) is 19.8. The van der Waals surface area contributed by atoms with Gasteiger partial charge in [0, 0.05) is 21.7 Å². The van der Waals surface area contributed by atoms with Crippen molar-refractivity contribution in [3.63, 3.8) is 0 Å². The first-order chi connectivity index (χ1) is 9.15. The van der Waals surface area contributed by atoms with Crippen LogP contribution in [0.4, 0.5) is 11.5 Å². The molecule has 2 aromatic rings. The van der Waals surface area contributed by atoms with Crippen LogP contribution in [0.25, 0.3) is 0 Å². The van der Waals surface area contributed by atoms with Crippen LogP contribution in [0.1, 0.15) is 0 Å². The van der Waals surface area contributed by atoms with E-state index in [0.29, 0.717) is 10.8 Å². The molecule has 0 aliphatic heterocycles. The third-order valence-electron chi connectivity index (χ3n) is 2.14. The molecule has 3 N–H and O–H groups in total. The van der Waals surface area contributed by atoms with Gasteiger partial charge in [0.25, 0.3) is 0 Å². The summed E-state index contributed by atoms with van der Waals surface area (Å²) in [5.74, 6) is 0.487. The fraction of sp³-hybridized carbons (Fsp3) is 0.0833. The highest BCUT2D eigenvalue weighted by Gasteiger charge is 2.07. The molecule has 5 nitrogen and oxygen atoms in total. The molecule has 0 bridgehead atoms. The molecule has 1 aromatic heterocycles. The number of thioether (sulfide) groups is 1. The maximum atomic E-state index is 11.8. The van der Waals surface area contributed by atoms with Crippen molar-refractivity contribution in [2.45, 2.75) is 5.03 Å². The van der Waals surface area contributed by atoms with E-state index < -0.39 is 0 Å². The molecular formula is C12H11IN4OS. The van der Waals surface area contributed by atoms with Crippen LogP contribution >= 0.6 is 34.4 Å². The van der Waals surface area contributed by atoms with E-state index in [1.807, 2.05) is 24.3 Å². The van der Waals surface area contributed by atoms with Crippen LogP contribution in [0.15, 0.2) is 41.7 Å². The summed E-state index contributed by atoms with van der Waals surface area (Å²) in [5.41, 5.74) is 6.43. The lowest BCUT2D eigenvalue weighted by atomic mass is 10.3. The Morgan fingerprint density at radius 2 is 2.16 bits per heavy atom. The van der Waals surface area contributed by atoms with E-state index in [4.69, 9.17) is 5.73 Å². The molecule has 0 spiro atoms. The van der Waals surface area contributed by atoms with Gasteiger partial charge in [0.1, 0.15) is 5.03 Å². The highest BCUT2D eigenvalue weighted by atomic mass is 127. The number of hydrogen-bond acceptors (Lipinski definition) is 5. The van der Waals surface area contributed by atoms with Gasteiger partial charge in [0.15, 0.2) is 5.82 Å². The zero-order chi connectivity index (χ0) is 13.7. The van der Waals surface area contributed by atoms with E-state index in [0.717, 1.165) is 9.26 Å². The third kappa shape index (κ3) is 4.35. The van der Waals surface area contributed by atoms with Crippen molar-refractivity contribution in [1.82, 2.24) is 9.97 Å². The van der Waals surface area contributed by atoms with Gasteiger partial charge in [-0.25, -0.2) is 9.97 Å². The molecule has 0 radical (unpaired) electrons. The number of nitrogens with two attached hydrogens (primary N) is 1. The Labute approximate surface area is 128 Å². The van der Waals surface area contributed by atoms with Gasteiger partial charge in [-0.2, -0.15) is 0 Å². The molecule has 0 saturated heterocycles. The van der Waals surface area contributed by atoms with Crippen molar-refractivity contribution in [3.05, 3.63) is 40.2 Å². The molecule has 1 heterocycles. The number of carbonyl (C=O) groups excluding carboxylic acids is 1. The Bertz CT molecular complexity index is 593. The van der Waals surface area contributed by atoms with Crippen LogP contribution in [0.5, 0.6) is 0 Å². The van der Waals surface area contributed by atoms with Crippen LogP contribution in [-0.4, -0.2) is 21.6 Å². The number of hydrogen-bond donors (Lipinski definition) is 2. The van der Waals surface area contributed by atoms with Gasteiger partial charge in [0.2, 0.25) is 5.91 Å². The number of amides is 1. The highest BCUT2D eigenvalue weighted by molar-refractivity contribution is 14.1. The first-order valence-corrected chi connectivity index (χ1v) is 7.46. The van der Waals surface area contributed by atoms with Crippen molar-refractivity contribution < 1.29 is 4.79 Å². The molecule has 0 saturated carbocycles. The maximum absolute atomic E-state index is 11.8. The average Bonchev–Trinajstić information content (AvgIpc) is 2.38. The Morgan fingerprint density at radius 3 is 2.89 bits per heavy atom. The molecule has 0 atom stereocenters. The molecule has 7 heteroatoms. The topological polar surface area (TPSA) is 80.9 Å². The molecule has 0 aliphatic rings. The van der Waals surface area contributed by atoms with Gasteiger partial charge in [-0.05, 0) is 40.8 Å². The Balaban J connectivity index is 1.90. The van der Waals surface area contributed by atoms with E-state index >= 15 is 0 Å². The molecule has 2 rings (SSSR count). The van der Waals surface area contributed by atoms with Crippen LogP contribution in [-0.2, 0) is 4.79 Å². The van der Waals surface area contributed by atoms with Gasteiger partial charge in [-0.3, -0.25) is 4.79 Å². The van der Waals surface area contributed by atoms with E-state index in [1.165, 1.54) is 18.0 Å². The summed E-state index contributed by atoms with van der Waals surface area (Å²) in [6.07, 6.45) is 3.07. The zero-order valence-corrected chi connectivity index (χ0v) is 12.8. The van der Waals surface area contributed by atoms with Crippen molar-refractivity contribution in [1.29, 1.82) is 0 Å². The number of nitrogens with one attached hydrogen (secondary N) is 1. The smallest absolute Gasteiger partial charge is 0.234 e. The van der Waals surface area contributed by atoms with Crippen molar-refractivity contribution >= 4 is 51.8 Å². The van der Waals surface area contributed by atoms with Crippen LogP contribution < -0.4 is 11.1 Å². The van der Waals surface area contributed by atoms with Gasteiger partial charge in [0.05, 0.1) is 5.75 Å². The summed E-state index contributed by atoms with van der Waals surface area (Å²) >= 11 is 3.46. The maximum Gasteiger partial charge on any atom is 0.234 e. The van der Waals surface area contributed by atoms with Gasteiger partial charge >= 0.3 is 0 Å². The number of aromatic nitrogens is 2. The SMILES string of the molecule is Nc1nccnc1SCC(=O)Nc1cccc(I)c1. The number of nitrogen functional groups attached to an aromatic ring is 1. The normalized spacial score (nSPS) is 10.2. The number of benzene rings is 1. The summed E-state index contributed by atoms with van der Waals surface area (Å²) in [6.45, 7) is 0. The lowest BCUT2D eigenvalue weighted by Gasteiger charge is -2.05. The number of anilines is 2. The molecule has 1 amide bonds. The van der Waals surface area contributed by atoms with Crippen LogP contribution in [0.2, 0.25) is 0 Å². The van der Waals surface area contributed by atoms with Gasteiger partial charge in [-0.15, -0.1) is 0 Å². The standard InChI is InChI=1S/C12H11IN4OS/c13-8-2-1-3-9(6-8)17-10(18)7-19-12-11(14)15-4-5-16-12/h1-6H,7H2,(H2,14,15)(H,17,18). The second-order valence-electron chi connectivity index (χ2n) is 3.59. The first kappa shape index (κ1) is 14.1. The Hall–Kier alpha value is -1.35.